The lowest BCUT2D eigenvalue weighted by Crippen LogP contribution is -2.59. The number of nitrogens with zero attached hydrogens (tertiary/aromatic N) is 1. The van der Waals surface area contributed by atoms with Crippen molar-refractivity contribution in [3.8, 4) is 0 Å². The van der Waals surface area contributed by atoms with Crippen molar-refractivity contribution in [1.82, 2.24) is 0 Å². The van der Waals surface area contributed by atoms with Crippen LogP contribution in [0.25, 0.3) is 0 Å². The fourth-order valence-corrected chi connectivity index (χ4v) is 4.37. The highest BCUT2D eigenvalue weighted by atomic mass is 19.3. The molecule has 0 N–H and O–H groups in total. The van der Waals surface area contributed by atoms with Crippen LogP contribution in [0.4, 0.5) is 8.78 Å². The van der Waals surface area contributed by atoms with E-state index in [4.69, 9.17) is 0 Å². The van der Waals surface area contributed by atoms with Crippen molar-refractivity contribution < 1.29 is 18.1 Å². The van der Waals surface area contributed by atoms with Crippen molar-refractivity contribution >= 4 is 5.78 Å². The summed E-state index contributed by atoms with van der Waals surface area (Å²) in [5, 5.41) is 0. The van der Waals surface area contributed by atoms with Gasteiger partial charge in [0.25, 0.3) is 5.92 Å². The number of aryl methyl sites for hydroxylation is 2. The number of likely N-dealkylation sites (tertiary alicyclic amines) is 1. The molecular formula is C23H28F2NO+. The molecule has 1 aliphatic rings. The molecule has 0 aliphatic carbocycles. The molecule has 0 saturated carbocycles. The molecule has 1 unspecified atom stereocenters. The first-order valence-corrected chi connectivity index (χ1v) is 9.62. The van der Waals surface area contributed by atoms with Gasteiger partial charge in [0.15, 0.2) is 5.78 Å². The van der Waals surface area contributed by atoms with Gasteiger partial charge < -0.3 is 4.48 Å². The lowest BCUT2D eigenvalue weighted by atomic mass is 9.96. The van der Waals surface area contributed by atoms with Gasteiger partial charge in [-0.1, -0.05) is 48.5 Å². The van der Waals surface area contributed by atoms with Gasteiger partial charge in [-0.3, -0.25) is 4.79 Å². The fourth-order valence-electron chi connectivity index (χ4n) is 4.37. The van der Waals surface area contributed by atoms with Crippen molar-refractivity contribution in [1.29, 1.82) is 0 Å². The molecule has 0 aromatic heterocycles. The van der Waals surface area contributed by atoms with E-state index >= 15 is 0 Å². The topological polar surface area (TPSA) is 17.1 Å². The molecule has 1 fully saturated rings. The van der Waals surface area contributed by atoms with Crippen LogP contribution in [0.5, 0.6) is 0 Å². The van der Waals surface area contributed by atoms with E-state index in [2.05, 4.69) is 0 Å². The molecule has 4 heteroatoms. The molecule has 1 heterocycles. The highest BCUT2D eigenvalue weighted by molar-refractivity contribution is 5.82. The van der Waals surface area contributed by atoms with Gasteiger partial charge in [0.2, 0.25) is 0 Å². The number of carbonyl (C=O) groups excluding carboxylic acids is 1. The SMILES string of the molecule is Cc1cccc(C)c1CC(=O)C[N+]1(Cc2ccccc2)CCCC(F)(F)C1. The second-order valence-corrected chi connectivity index (χ2v) is 8.07. The van der Waals surface area contributed by atoms with Gasteiger partial charge >= 0.3 is 0 Å². The van der Waals surface area contributed by atoms with Crippen molar-refractivity contribution in [2.45, 2.75) is 45.6 Å². The second kappa shape index (κ2) is 7.89. The van der Waals surface area contributed by atoms with E-state index in [0.717, 1.165) is 22.3 Å². The van der Waals surface area contributed by atoms with E-state index in [1.807, 2.05) is 62.4 Å². The number of quaternary nitrogens is 1. The van der Waals surface area contributed by atoms with Crippen LogP contribution in [-0.4, -0.2) is 35.8 Å². The lowest BCUT2D eigenvalue weighted by Gasteiger charge is -2.44. The Morgan fingerprint density at radius 1 is 1.04 bits per heavy atom. The van der Waals surface area contributed by atoms with Crippen LogP contribution in [0, 0.1) is 13.8 Å². The number of Topliss-reactive ketones (excluding diaryl/α,β-unsaturated/α-hetero) is 1. The number of alkyl halides is 2. The van der Waals surface area contributed by atoms with Crippen molar-refractivity contribution in [2.24, 2.45) is 0 Å². The Labute approximate surface area is 160 Å². The van der Waals surface area contributed by atoms with Gasteiger partial charge in [-0.05, 0) is 30.5 Å². The Bertz CT molecular complexity index is 783. The first kappa shape index (κ1) is 19.7. The summed E-state index contributed by atoms with van der Waals surface area (Å²) < 4.78 is 28.7. The first-order valence-electron chi connectivity index (χ1n) is 9.62. The number of ketones is 1. The minimum atomic E-state index is -2.70. The average molecular weight is 372 g/mol. The number of hydrogen-bond donors (Lipinski definition) is 0. The van der Waals surface area contributed by atoms with Gasteiger partial charge in [-0.25, -0.2) is 8.78 Å². The third kappa shape index (κ3) is 5.01. The molecule has 0 bridgehead atoms. The number of hydrogen-bond acceptors (Lipinski definition) is 1. The van der Waals surface area contributed by atoms with E-state index in [1.54, 1.807) is 0 Å². The Morgan fingerprint density at radius 2 is 1.70 bits per heavy atom. The summed E-state index contributed by atoms with van der Waals surface area (Å²) in [7, 11) is 0. The summed E-state index contributed by atoms with van der Waals surface area (Å²) in [6.45, 7) is 5.02. The molecule has 0 radical (unpaired) electrons. The van der Waals surface area contributed by atoms with Crippen LogP contribution in [0.3, 0.4) is 0 Å². The van der Waals surface area contributed by atoms with E-state index in [9.17, 15) is 13.6 Å². The predicted octanol–water partition coefficient (Wildman–Crippen LogP) is 4.86. The molecule has 2 aromatic rings. The Hall–Kier alpha value is -2.07. The van der Waals surface area contributed by atoms with Crippen LogP contribution in [0.1, 0.15) is 35.1 Å². The molecule has 1 saturated heterocycles. The summed E-state index contributed by atoms with van der Waals surface area (Å²) >= 11 is 0. The van der Waals surface area contributed by atoms with Crippen LogP contribution >= 0.6 is 0 Å². The third-order valence-electron chi connectivity index (χ3n) is 5.63. The first-order chi connectivity index (χ1) is 12.8. The largest absolute Gasteiger partial charge is 0.309 e. The monoisotopic (exact) mass is 372 g/mol. The van der Waals surface area contributed by atoms with E-state index in [0.29, 0.717) is 25.9 Å². The molecule has 3 rings (SSSR count). The van der Waals surface area contributed by atoms with E-state index in [1.165, 1.54) is 0 Å². The Morgan fingerprint density at radius 3 is 2.33 bits per heavy atom. The highest BCUT2D eigenvalue weighted by Crippen LogP contribution is 2.33. The number of halogens is 2. The van der Waals surface area contributed by atoms with Gasteiger partial charge in [-0.15, -0.1) is 0 Å². The normalized spacial score (nSPS) is 21.8. The van der Waals surface area contributed by atoms with Crippen LogP contribution < -0.4 is 0 Å². The van der Waals surface area contributed by atoms with Gasteiger partial charge in [0.05, 0.1) is 6.54 Å². The van der Waals surface area contributed by atoms with Gasteiger partial charge in [-0.2, -0.15) is 0 Å². The maximum Gasteiger partial charge on any atom is 0.295 e. The molecular weight excluding hydrogens is 344 g/mol. The summed E-state index contributed by atoms with van der Waals surface area (Å²) in [6, 6.07) is 15.7. The van der Waals surface area contributed by atoms with Crippen LogP contribution in [-0.2, 0) is 17.8 Å². The van der Waals surface area contributed by atoms with E-state index in [-0.39, 0.29) is 29.8 Å². The maximum absolute atomic E-state index is 14.3. The molecule has 2 aromatic carbocycles. The molecule has 1 atom stereocenters. The number of carbonyl (C=O) groups is 1. The molecule has 144 valence electrons. The molecule has 27 heavy (non-hydrogen) atoms. The summed E-state index contributed by atoms with van der Waals surface area (Å²) in [5.41, 5.74) is 4.21. The highest BCUT2D eigenvalue weighted by Gasteiger charge is 2.46. The minimum Gasteiger partial charge on any atom is -0.309 e. The number of benzene rings is 2. The Kier molecular flexibility index (Phi) is 5.75. The number of piperidine rings is 1. The smallest absolute Gasteiger partial charge is 0.295 e. The predicted molar refractivity (Wildman–Crippen MR) is 104 cm³/mol. The summed E-state index contributed by atoms with van der Waals surface area (Å²) in [4.78, 5) is 12.9. The molecule has 1 aliphatic heterocycles. The molecule has 0 spiro atoms. The van der Waals surface area contributed by atoms with Crippen molar-refractivity contribution in [2.75, 3.05) is 19.6 Å². The van der Waals surface area contributed by atoms with Crippen LogP contribution in [0.2, 0.25) is 0 Å². The van der Waals surface area contributed by atoms with E-state index < -0.39 is 5.92 Å². The minimum absolute atomic E-state index is 0.0426. The summed E-state index contributed by atoms with van der Waals surface area (Å²) in [5.74, 6) is -2.66. The third-order valence-corrected chi connectivity index (χ3v) is 5.63. The Balaban J connectivity index is 1.82. The zero-order chi connectivity index (χ0) is 19.5. The molecule has 0 amide bonds. The lowest BCUT2D eigenvalue weighted by molar-refractivity contribution is -0.945. The van der Waals surface area contributed by atoms with Crippen molar-refractivity contribution in [3.63, 3.8) is 0 Å². The zero-order valence-corrected chi connectivity index (χ0v) is 16.2. The van der Waals surface area contributed by atoms with Gasteiger partial charge in [0, 0.05) is 24.8 Å². The van der Waals surface area contributed by atoms with Crippen molar-refractivity contribution in [3.05, 3.63) is 70.8 Å². The second-order valence-electron chi connectivity index (χ2n) is 8.07. The standard InChI is InChI=1S/C23H28F2NO/c1-18-8-6-9-19(2)22(18)14-21(27)16-26(13-7-12-23(24,25)17-26)15-20-10-4-3-5-11-20/h3-6,8-11H,7,12-17H2,1-2H3/q+1. The zero-order valence-electron chi connectivity index (χ0n) is 16.2. The molecule has 2 nitrogen and oxygen atoms in total. The quantitative estimate of drug-likeness (QED) is 0.662. The van der Waals surface area contributed by atoms with Crippen LogP contribution in [0.15, 0.2) is 48.5 Å². The fraction of sp³-hybridized carbons (Fsp3) is 0.435. The maximum atomic E-state index is 14.3. The number of rotatable bonds is 6. The summed E-state index contributed by atoms with van der Waals surface area (Å²) in [6.07, 6.45) is 0.697. The van der Waals surface area contributed by atoms with Gasteiger partial charge in [0.1, 0.15) is 19.6 Å². The average Bonchev–Trinajstić information content (AvgIpc) is 2.58.